The predicted molar refractivity (Wildman–Crippen MR) is 102 cm³/mol. The van der Waals surface area contributed by atoms with Gasteiger partial charge in [0.2, 0.25) is 0 Å². The van der Waals surface area contributed by atoms with Crippen molar-refractivity contribution in [2.75, 3.05) is 14.1 Å². The summed E-state index contributed by atoms with van der Waals surface area (Å²) >= 11 is 0. The molecular weight excluding hydrogens is 344 g/mol. The molecule has 27 heavy (non-hydrogen) atoms. The number of hydrogen-bond acceptors (Lipinski definition) is 4. The van der Waals surface area contributed by atoms with Crippen molar-refractivity contribution in [2.45, 2.75) is 0 Å². The molecular formula is C21H16N2O4. The molecule has 0 atom stereocenters. The van der Waals surface area contributed by atoms with E-state index in [0.717, 1.165) is 10.5 Å². The van der Waals surface area contributed by atoms with Crippen LogP contribution in [0.5, 0.6) is 0 Å². The Bertz CT molecular complexity index is 1160. The van der Waals surface area contributed by atoms with Gasteiger partial charge in [-0.25, -0.2) is 4.79 Å². The number of amides is 3. The highest BCUT2D eigenvalue weighted by Crippen LogP contribution is 2.25. The number of benzene rings is 2. The van der Waals surface area contributed by atoms with Crippen LogP contribution in [0, 0.1) is 0 Å². The quantitative estimate of drug-likeness (QED) is 0.519. The van der Waals surface area contributed by atoms with E-state index < -0.39 is 0 Å². The number of urea groups is 1. The topological polar surface area (TPSA) is 70.8 Å². The minimum absolute atomic E-state index is 0.172. The van der Waals surface area contributed by atoms with Crippen LogP contribution in [0.25, 0.3) is 28.4 Å². The molecule has 0 bridgehead atoms. The molecule has 1 saturated heterocycles. The molecule has 3 aromatic rings. The molecule has 6 nitrogen and oxygen atoms in total. The summed E-state index contributed by atoms with van der Waals surface area (Å²) in [6, 6.07) is 15.6. The SMILES string of the molecule is CN1C(=O)/C(=C\c2ccc3oc(-c4ccccc4)cc(=O)c3c2)N(C)C1=O. The van der Waals surface area contributed by atoms with Gasteiger partial charge in [-0.05, 0) is 23.8 Å². The van der Waals surface area contributed by atoms with E-state index in [1.54, 1.807) is 24.3 Å². The molecule has 2 heterocycles. The fourth-order valence-electron chi connectivity index (χ4n) is 3.05. The monoisotopic (exact) mass is 360 g/mol. The Morgan fingerprint density at radius 1 is 0.889 bits per heavy atom. The second-order valence-corrected chi connectivity index (χ2v) is 6.33. The summed E-state index contributed by atoms with van der Waals surface area (Å²) < 4.78 is 5.87. The first-order valence-corrected chi connectivity index (χ1v) is 8.36. The lowest BCUT2D eigenvalue weighted by atomic mass is 10.1. The Morgan fingerprint density at radius 2 is 1.63 bits per heavy atom. The van der Waals surface area contributed by atoms with Crippen LogP contribution in [0.4, 0.5) is 4.79 Å². The van der Waals surface area contributed by atoms with E-state index >= 15 is 0 Å². The maximum Gasteiger partial charge on any atom is 0.331 e. The third-order valence-electron chi connectivity index (χ3n) is 4.57. The largest absolute Gasteiger partial charge is 0.456 e. The Balaban J connectivity index is 1.79. The Kier molecular flexibility index (Phi) is 3.88. The van der Waals surface area contributed by atoms with Gasteiger partial charge in [-0.3, -0.25) is 19.4 Å². The van der Waals surface area contributed by atoms with Crippen LogP contribution in [0.1, 0.15) is 5.56 Å². The van der Waals surface area contributed by atoms with E-state index in [1.807, 2.05) is 30.3 Å². The molecule has 134 valence electrons. The van der Waals surface area contributed by atoms with Crippen molar-refractivity contribution in [3.63, 3.8) is 0 Å². The van der Waals surface area contributed by atoms with Crippen LogP contribution in [-0.4, -0.2) is 35.8 Å². The van der Waals surface area contributed by atoms with Crippen LogP contribution in [0.3, 0.4) is 0 Å². The molecule has 6 heteroatoms. The summed E-state index contributed by atoms with van der Waals surface area (Å²) in [7, 11) is 2.97. The number of carbonyl (C=O) groups excluding carboxylic acids is 2. The van der Waals surface area contributed by atoms with E-state index in [1.165, 1.54) is 25.1 Å². The predicted octanol–water partition coefficient (Wildman–Crippen LogP) is 3.32. The molecule has 1 aromatic heterocycles. The summed E-state index contributed by atoms with van der Waals surface area (Å²) in [5, 5.41) is 0.414. The lowest BCUT2D eigenvalue weighted by molar-refractivity contribution is -0.122. The van der Waals surface area contributed by atoms with E-state index in [2.05, 4.69) is 0 Å². The first-order valence-electron chi connectivity index (χ1n) is 8.36. The van der Waals surface area contributed by atoms with Gasteiger partial charge in [-0.1, -0.05) is 36.4 Å². The Hall–Kier alpha value is -3.67. The number of nitrogens with zero attached hydrogens (tertiary/aromatic N) is 2. The van der Waals surface area contributed by atoms with Crippen molar-refractivity contribution in [3.05, 3.63) is 76.1 Å². The molecule has 0 spiro atoms. The Labute approximate surface area is 154 Å². The molecule has 4 rings (SSSR count). The van der Waals surface area contributed by atoms with Crippen molar-refractivity contribution in [1.29, 1.82) is 0 Å². The third kappa shape index (κ3) is 2.81. The second kappa shape index (κ2) is 6.25. The van der Waals surface area contributed by atoms with Gasteiger partial charge in [0.15, 0.2) is 5.43 Å². The molecule has 0 aliphatic carbocycles. The highest BCUT2D eigenvalue weighted by Gasteiger charge is 2.35. The minimum atomic E-state index is -0.390. The summed E-state index contributed by atoms with van der Waals surface area (Å²) in [5.41, 5.74) is 2.01. The summed E-state index contributed by atoms with van der Waals surface area (Å²) in [4.78, 5) is 39.0. The normalized spacial score (nSPS) is 16.0. The lowest BCUT2D eigenvalue weighted by Gasteiger charge is -2.08. The molecule has 0 N–H and O–H groups in total. The van der Waals surface area contributed by atoms with Gasteiger partial charge < -0.3 is 4.42 Å². The maximum absolute atomic E-state index is 12.6. The second-order valence-electron chi connectivity index (χ2n) is 6.33. The fourth-order valence-corrected chi connectivity index (χ4v) is 3.05. The molecule has 1 fully saturated rings. The van der Waals surface area contributed by atoms with Gasteiger partial charge in [0, 0.05) is 25.7 Å². The fraction of sp³-hybridized carbons (Fsp3) is 0.0952. The number of imide groups is 1. The van der Waals surface area contributed by atoms with Gasteiger partial charge in [-0.15, -0.1) is 0 Å². The molecule has 0 radical (unpaired) electrons. The van der Waals surface area contributed by atoms with Gasteiger partial charge in [-0.2, -0.15) is 0 Å². The highest BCUT2D eigenvalue weighted by atomic mass is 16.3. The summed E-state index contributed by atoms with van der Waals surface area (Å²) in [6.45, 7) is 0. The number of carbonyl (C=O) groups is 2. The smallest absolute Gasteiger partial charge is 0.331 e. The van der Waals surface area contributed by atoms with Crippen molar-refractivity contribution < 1.29 is 14.0 Å². The van der Waals surface area contributed by atoms with Crippen LogP contribution in [0.2, 0.25) is 0 Å². The first-order chi connectivity index (χ1) is 13.0. The van der Waals surface area contributed by atoms with Crippen LogP contribution in [0.15, 0.2) is 69.5 Å². The van der Waals surface area contributed by atoms with Gasteiger partial charge in [0.1, 0.15) is 17.0 Å². The highest BCUT2D eigenvalue weighted by molar-refractivity contribution is 6.13. The van der Waals surface area contributed by atoms with Crippen LogP contribution < -0.4 is 5.43 Å². The zero-order valence-corrected chi connectivity index (χ0v) is 14.8. The van der Waals surface area contributed by atoms with Crippen LogP contribution >= 0.6 is 0 Å². The van der Waals surface area contributed by atoms with Gasteiger partial charge in [0.05, 0.1) is 5.39 Å². The zero-order valence-electron chi connectivity index (χ0n) is 14.8. The molecule has 1 aliphatic heterocycles. The molecule has 1 aliphatic rings. The van der Waals surface area contributed by atoms with Gasteiger partial charge in [0.25, 0.3) is 5.91 Å². The van der Waals surface area contributed by atoms with E-state index in [-0.39, 0.29) is 23.1 Å². The van der Waals surface area contributed by atoms with Crippen molar-refractivity contribution in [2.24, 2.45) is 0 Å². The number of fused-ring (bicyclic) bond motifs is 1. The van der Waals surface area contributed by atoms with E-state index in [9.17, 15) is 14.4 Å². The van der Waals surface area contributed by atoms with Gasteiger partial charge >= 0.3 is 6.03 Å². The molecule has 2 aromatic carbocycles. The maximum atomic E-state index is 12.6. The Morgan fingerprint density at radius 3 is 2.30 bits per heavy atom. The summed E-state index contributed by atoms with van der Waals surface area (Å²) in [5.74, 6) is 0.117. The number of likely N-dealkylation sites (N-methyl/N-ethyl adjacent to an activating group) is 2. The average molecular weight is 360 g/mol. The average Bonchev–Trinajstić information content (AvgIpc) is 2.87. The van der Waals surface area contributed by atoms with Crippen molar-refractivity contribution in [3.8, 4) is 11.3 Å². The molecule has 0 unspecified atom stereocenters. The van der Waals surface area contributed by atoms with Crippen molar-refractivity contribution in [1.82, 2.24) is 9.80 Å². The minimum Gasteiger partial charge on any atom is -0.456 e. The third-order valence-corrected chi connectivity index (χ3v) is 4.57. The molecule has 3 amide bonds. The van der Waals surface area contributed by atoms with E-state index in [0.29, 0.717) is 22.3 Å². The zero-order chi connectivity index (χ0) is 19.1. The lowest BCUT2D eigenvalue weighted by Crippen LogP contribution is -2.27. The number of hydrogen-bond donors (Lipinski definition) is 0. The first kappa shape index (κ1) is 16.8. The van der Waals surface area contributed by atoms with E-state index in [4.69, 9.17) is 4.42 Å². The number of rotatable bonds is 2. The van der Waals surface area contributed by atoms with Crippen LogP contribution in [-0.2, 0) is 4.79 Å². The summed E-state index contributed by atoms with van der Waals surface area (Å²) in [6.07, 6.45) is 1.59. The molecule has 0 saturated carbocycles. The standard InChI is InChI=1S/C21H16N2O4/c1-22-16(20(25)23(2)21(22)26)11-13-8-9-18-15(10-13)17(24)12-19(27-18)14-6-4-3-5-7-14/h3-12H,1-2H3/b16-11+. The van der Waals surface area contributed by atoms with Crippen molar-refractivity contribution >= 4 is 29.0 Å².